The van der Waals surface area contributed by atoms with Crippen LogP contribution < -0.4 is 5.32 Å². The van der Waals surface area contributed by atoms with E-state index in [0.717, 1.165) is 10.6 Å². The molecule has 1 N–H and O–H groups in total. The standard InChI is InChI=1S/C16H13N3O3/c1-10(20)11-4-6-12(7-5-11)18-9-19-15(21)13-3-2-8-17-14(13)16(19)22/h2-8,18H,9H2,1H3. The number of imide groups is 1. The number of nitrogens with one attached hydrogen (secondary N) is 1. The molecule has 6 nitrogen and oxygen atoms in total. The Morgan fingerprint density at radius 2 is 1.86 bits per heavy atom. The molecule has 6 heteroatoms. The van der Waals surface area contributed by atoms with E-state index in [2.05, 4.69) is 10.3 Å². The van der Waals surface area contributed by atoms with Crippen LogP contribution in [0.1, 0.15) is 38.1 Å². The number of fused-ring (bicyclic) bond motifs is 1. The van der Waals surface area contributed by atoms with Crippen molar-refractivity contribution >= 4 is 23.3 Å². The largest absolute Gasteiger partial charge is 0.367 e. The summed E-state index contributed by atoms with van der Waals surface area (Å²) in [6.45, 7) is 1.54. The summed E-state index contributed by atoms with van der Waals surface area (Å²) in [7, 11) is 0. The Morgan fingerprint density at radius 3 is 2.50 bits per heavy atom. The summed E-state index contributed by atoms with van der Waals surface area (Å²) < 4.78 is 0. The molecule has 2 aromatic rings. The lowest BCUT2D eigenvalue weighted by Crippen LogP contribution is -2.34. The maximum Gasteiger partial charge on any atom is 0.281 e. The number of Topliss-reactive ketones (excluding diaryl/α,β-unsaturated/α-hetero) is 1. The van der Waals surface area contributed by atoms with Crippen LogP contribution in [0.15, 0.2) is 42.6 Å². The number of nitrogens with zero attached hydrogens (tertiary/aromatic N) is 2. The van der Waals surface area contributed by atoms with Gasteiger partial charge < -0.3 is 5.32 Å². The third-order valence-electron chi connectivity index (χ3n) is 3.46. The lowest BCUT2D eigenvalue weighted by molar-refractivity contribution is 0.0663. The van der Waals surface area contributed by atoms with Crippen LogP contribution in [0.25, 0.3) is 0 Å². The van der Waals surface area contributed by atoms with E-state index in [-0.39, 0.29) is 24.1 Å². The van der Waals surface area contributed by atoms with Crippen molar-refractivity contribution in [1.29, 1.82) is 0 Å². The van der Waals surface area contributed by atoms with E-state index in [1.807, 2.05) is 0 Å². The Kier molecular flexibility index (Phi) is 3.42. The molecular formula is C16H13N3O3. The highest BCUT2D eigenvalue weighted by atomic mass is 16.2. The normalized spacial score (nSPS) is 13.2. The fourth-order valence-corrected chi connectivity index (χ4v) is 2.25. The van der Waals surface area contributed by atoms with Crippen molar-refractivity contribution in [3.05, 3.63) is 59.4 Å². The molecule has 3 rings (SSSR count). The van der Waals surface area contributed by atoms with Gasteiger partial charge in [0.05, 0.1) is 12.2 Å². The van der Waals surface area contributed by atoms with E-state index in [9.17, 15) is 14.4 Å². The molecule has 2 amide bonds. The molecule has 0 bridgehead atoms. The quantitative estimate of drug-likeness (QED) is 0.689. The fourth-order valence-electron chi connectivity index (χ4n) is 2.25. The lowest BCUT2D eigenvalue weighted by atomic mass is 10.1. The molecule has 0 spiro atoms. The molecule has 0 fully saturated rings. The summed E-state index contributed by atoms with van der Waals surface area (Å²) in [6.07, 6.45) is 1.49. The van der Waals surface area contributed by atoms with Gasteiger partial charge in [-0.05, 0) is 43.3 Å². The molecule has 1 aliphatic rings. The number of amides is 2. The summed E-state index contributed by atoms with van der Waals surface area (Å²) in [5, 5.41) is 2.99. The highest BCUT2D eigenvalue weighted by Gasteiger charge is 2.36. The minimum atomic E-state index is -0.409. The smallest absolute Gasteiger partial charge is 0.281 e. The van der Waals surface area contributed by atoms with Crippen molar-refractivity contribution in [3.8, 4) is 0 Å². The zero-order chi connectivity index (χ0) is 15.7. The van der Waals surface area contributed by atoms with Gasteiger partial charge in [-0.25, -0.2) is 0 Å². The third kappa shape index (κ3) is 2.35. The second-order valence-electron chi connectivity index (χ2n) is 4.91. The van der Waals surface area contributed by atoms with E-state index in [0.29, 0.717) is 11.1 Å². The minimum Gasteiger partial charge on any atom is -0.367 e. The van der Waals surface area contributed by atoms with Crippen LogP contribution >= 0.6 is 0 Å². The molecule has 0 saturated carbocycles. The van der Waals surface area contributed by atoms with Gasteiger partial charge in [0.2, 0.25) is 0 Å². The van der Waals surface area contributed by atoms with Gasteiger partial charge in [0.15, 0.2) is 5.78 Å². The molecule has 0 aliphatic carbocycles. The summed E-state index contributed by atoms with van der Waals surface area (Å²) >= 11 is 0. The molecule has 22 heavy (non-hydrogen) atoms. The van der Waals surface area contributed by atoms with E-state index >= 15 is 0 Å². The first-order chi connectivity index (χ1) is 10.6. The molecule has 0 atom stereocenters. The van der Waals surface area contributed by atoms with E-state index < -0.39 is 5.91 Å². The number of hydrogen-bond acceptors (Lipinski definition) is 5. The number of hydrogen-bond donors (Lipinski definition) is 1. The van der Waals surface area contributed by atoms with Gasteiger partial charge in [-0.15, -0.1) is 0 Å². The zero-order valence-corrected chi connectivity index (χ0v) is 11.9. The van der Waals surface area contributed by atoms with Crippen LogP contribution in [0.4, 0.5) is 5.69 Å². The lowest BCUT2D eigenvalue weighted by Gasteiger charge is -2.15. The first-order valence-corrected chi connectivity index (χ1v) is 6.74. The second-order valence-corrected chi connectivity index (χ2v) is 4.91. The molecule has 110 valence electrons. The minimum absolute atomic E-state index is 0.0158. The number of aromatic nitrogens is 1. The highest BCUT2D eigenvalue weighted by Crippen LogP contribution is 2.20. The van der Waals surface area contributed by atoms with Gasteiger partial charge in [-0.1, -0.05) is 0 Å². The van der Waals surface area contributed by atoms with Crippen LogP contribution in [0.3, 0.4) is 0 Å². The molecule has 2 heterocycles. The van der Waals surface area contributed by atoms with Gasteiger partial charge in [-0.3, -0.25) is 24.3 Å². The Labute approximate surface area is 126 Å². The van der Waals surface area contributed by atoms with Gasteiger partial charge in [0, 0.05) is 17.4 Å². The molecule has 0 radical (unpaired) electrons. The topological polar surface area (TPSA) is 79.4 Å². The van der Waals surface area contributed by atoms with Gasteiger partial charge in [0.1, 0.15) is 5.69 Å². The van der Waals surface area contributed by atoms with Gasteiger partial charge in [0.25, 0.3) is 11.8 Å². The Balaban J connectivity index is 1.71. The van der Waals surface area contributed by atoms with Crippen molar-refractivity contribution in [2.45, 2.75) is 6.92 Å². The molecule has 1 aromatic carbocycles. The number of benzene rings is 1. The van der Waals surface area contributed by atoms with Crippen molar-refractivity contribution in [3.63, 3.8) is 0 Å². The number of anilines is 1. The van der Waals surface area contributed by atoms with Crippen LogP contribution in [-0.4, -0.2) is 34.2 Å². The molecule has 1 aromatic heterocycles. The summed E-state index contributed by atoms with van der Waals surface area (Å²) in [4.78, 5) is 40.5. The van der Waals surface area contributed by atoms with Crippen molar-refractivity contribution in [2.75, 3.05) is 12.0 Å². The molecular weight excluding hydrogens is 282 g/mol. The fraction of sp³-hybridized carbons (Fsp3) is 0.125. The third-order valence-corrected chi connectivity index (χ3v) is 3.46. The molecule has 0 saturated heterocycles. The summed E-state index contributed by atoms with van der Waals surface area (Å²) in [5.41, 5.74) is 1.83. The highest BCUT2D eigenvalue weighted by molar-refractivity contribution is 6.20. The SMILES string of the molecule is CC(=O)c1ccc(NCN2C(=O)c3cccnc3C2=O)cc1. The van der Waals surface area contributed by atoms with E-state index in [4.69, 9.17) is 0 Å². The maximum absolute atomic E-state index is 12.2. The van der Waals surface area contributed by atoms with Crippen LogP contribution in [0, 0.1) is 0 Å². The van der Waals surface area contributed by atoms with E-state index in [1.165, 1.54) is 13.1 Å². The summed E-state index contributed by atoms with van der Waals surface area (Å²) in [6, 6.07) is 10.1. The molecule has 0 unspecified atom stereocenters. The van der Waals surface area contributed by atoms with Crippen molar-refractivity contribution in [1.82, 2.24) is 9.88 Å². The van der Waals surface area contributed by atoms with Crippen molar-refractivity contribution < 1.29 is 14.4 Å². The predicted octanol–water partition coefficient (Wildman–Crippen LogP) is 1.95. The first-order valence-electron chi connectivity index (χ1n) is 6.74. The van der Waals surface area contributed by atoms with Crippen LogP contribution in [-0.2, 0) is 0 Å². The number of rotatable bonds is 4. The Hall–Kier alpha value is -3.02. The number of carbonyl (C=O) groups excluding carboxylic acids is 3. The summed E-state index contributed by atoms with van der Waals surface area (Å²) in [5.74, 6) is -0.785. The average molecular weight is 295 g/mol. The zero-order valence-electron chi connectivity index (χ0n) is 11.9. The monoisotopic (exact) mass is 295 g/mol. The molecule has 1 aliphatic heterocycles. The van der Waals surface area contributed by atoms with Crippen molar-refractivity contribution in [2.24, 2.45) is 0 Å². The predicted molar refractivity (Wildman–Crippen MR) is 79.7 cm³/mol. The first kappa shape index (κ1) is 13.9. The number of pyridine rings is 1. The number of ketones is 1. The van der Waals surface area contributed by atoms with Crippen LogP contribution in [0.2, 0.25) is 0 Å². The Bertz CT molecular complexity index is 733. The van der Waals surface area contributed by atoms with Crippen LogP contribution in [0.5, 0.6) is 0 Å². The van der Waals surface area contributed by atoms with E-state index in [1.54, 1.807) is 36.4 Å². The van der Waals surface area contributed by atoms with Gasteiger partial charge in [-0.2, -0.15) is 0 Å². The second kappa shape index (κ2) is 5.40. The van der Waals surface area contributed by atoms with Gasteiger partial charge >= 0.3 is 0 Å². The maximum atomic E-state index is 12.2. The Morgan fingerprint density at radius 1 is 1.14 bits per heavy atom. The number of carbonyl (C=O) groups is 3. The average Bonchev–Trinajstić information content (AvgIpc) is 2.78.